The number of carbonyl (C=O) groups is 1. The number of likely N-dealkylation sites (tertiary alicyclic amines) is 1. The van der Waals surface area contributed by atoms with Crippen molar-refractivity contribution in [2.45, 2.75) is 19.4 Å². The average Bonchev–Trinajstić information content (AvgIpc) is 2.54. The summed E-state index contributed by atoms with van der Waals surface area (Å²) >= 11 is 0. The number of benzene rings is 1. The molecule has 5 nitrogen and oxygen atoms in total. The lowest BCUT2D eigenvalue weighted by atomic mass is 9.98. The molecule has 0 aliphatic carbocycles. The van der Waals surface area contributed by atoms with Crippen LogP contribution in [-0.2, 0) is 16.1 Å². The molecule has 5 heteroatoms. The summed E-state index contributed by atoms with van der Waals surface area (Å²) in [5.41, 5.74) is 6.68. The van der Waals surface area contributed by atoms with Gasteiger partial charge in [0.25, 0.3) is 0 Å². The molecule has 0 aromatic heterocycles. The van der Waals surface area contributed by atoms with Crippen molar-refractivity contribution in [3.63, 3.8) is 0 Å². The van der Waals surface area contributed by atoms with Gasteiger partial charge in [-0.15, -0.1) is 0 Å². The van der Waals surface area contributed by atoms with Gasteiger partial charge in [0.05, 0.1) is 13.0 Å². The Labute approximate surface area is 126 Å². The number of hydrogen-bond acceptors (Lipinski definition) is 5. The molecule has 0 radical (unpaired) electrons. The molecule has 1 saturated heterocycles. The summed E-state index contributed by atoms with van der Waals surface area (Å²) in [7, 11) is 1.45. The predicted octanol–water partition coefficient (Wildman–Crippen LogP) is 1.41. The lowest BCUT2D eigenvalue weighted by molar-refractivity contribution is -0.147. The fraction of sp³-hybridized carbons (Fsp3) is 0.562. The molecule has 116 valence electrons. The van der Waals surface area contributed by atoms with Crippen LogP contribution in [0.2, 0.25) is 0 Å². The number of ether oxygens (including phenoxy) is 2. The van der Waals surface area contributed by atoms with E-state index in [9.17, 15) is 4.79 Å². The van der Waals surface area contributed by atoms with Gasteiger partial charge in [0, 0.05) is 19.6 Å². The van der Waals surface area contributed by atoms with Crippen molar-refractivity contribution in [1.29, 1.82) is 0 Å². The van der Waals surface area contributed by atoms with Crippen LogP contribution in [0, 0.1) is 5.92 Å². The summed E-state index contributed by atoms with van der Waals surface area (Å²) in [5.74, 6) is 0.750. The second-order valence-corrected chi connectivity index (χ2v) is 5.36. The molecule has 1 unspecified atom stereocenters. The van der Waals surface area contributed by atoms with E-state index >= 15 is 0 Å². The van der Waals surface area contributed by atoms with Crippen molar-refractivity contribution in [2.24, 2.45) is 11.7 Å². The van der Waals surface area contributed by atoms with E-state index in [1.807, 2.05) is 24.3 Å². The lowest BCUT2D eigenvalue weighted by Crippen LogP contribution is -2.41. The molecule has 1 aliphatic heterocycles. The molecule has 0 saturated carbocycles. The van der Waals surface area contributed by atoms with Gasteiger partial charge < -0.3 is 15.2 Å². The fourth-order valence-corrected chi connectivity index (χ4v) is 2.67. The van der Waals surface area contributed by atoms with Crippen LogP contribution in [0.3, 0.4) is 0 Å². The van der Waals surface area contributed by atoms with E-state index < -0.39 is 0 Å². The molecule has 1 fully saturated rings. The van der Waals surface area contributed by atoms with Crippen molar-refractivity contribution in [3.8, 4) is 5.75 Å². The summed E-state index contributed by atoms with van der Waals surface area (Å²) in [6.45, 7) is 3.73. The predicted molar refractivity (Wildman–Crippen MR) is 81.0 cm³/mol. The highest BCUT2D eigenvalue weighted by Gasteiger charge is 2.26. The summed E-state index contributed by atoms with van der Waals surface area (Å²) in [6.07, 6.45) is 1.95. The second-order valence-electron chi connectivity index (χ2n) is 5.36. The van der Waals surface area contributed by atoms with Crippen LogP contribution >= 0.6 is 0 Å². The Kier molecular flexibility index (Phi) is 6.02. The molecule has 1 aromatic carbocycles. The van der Waals surface area contributed by atoms with Crippen molar-refractivity contribution in [1.82, 2.24) is 4.90 Å². The first-order valence-corrected chi connectivity index (χ1v) is 7.45. The van der Waals surface area contributed by atoms with E-state index in [0.717, 1.165) is 43.8 Å². The Bertz CT molecular complexity index is 465. The number of hydrogen-bond donors (Lipinski definition) is 1. The van der Waals surface area contributed by atoms with Crippen molar-refractivity contribution >= 4 is 5.97 Å². The van der Waals surface area contributed by atoms with E-state index in [0.29, 0.717) is 13.2 Å². The van der Waals surface area contributed by atoms with Crippen molar-refractivity contribution in [3.05, 3.63) is 29.8 Å². The SMILES string of the molecule is COC(=O)C1CCCN(CCOc2cccc(CN)c2)C1. The molecule has 1 aliphatic rings. The van der Waals surface area contributed by atoms with E-state index in [2.05, 4.69) is 4.90 Å². The Hall–Kier alpha value is -1.59. The summed E-state index contributed by atoms with van der Waals surface area (Å²) in [6, 6.07) is 7.84. The minimum absolute atomic E-state index is 0.00400. The van der Waals surface area contributed by atoms with Gasteiger partial charge in [-0.25, -0.2) is 0 Å². The first-order valence-electron chi connectivity index (χ1n) is 7.45. The second kappa shape index (κ2) is 8.00. The van der Waals surface area contributed by atoms with E-state index in [1.165, 1.54) is 7.11 Å². The molecular weight excluding hydrogens is 268 g/mol. The maximum absolute atomic E-state index is 11.6. The quantitative estimate of drug-likeness (QED) is 0.803. The van der Waals surface area contributed by atoms with Crippen LogP contribution in [0.4, 0.5) is 0 Å². The maximum atomic E-state index is 11.6. The molecule has 1 aromatic rings. The van der Waals surface area contributed by atoms with Gasteiger partial charge in [0.1, 0.15) is 12.4 Å². The minimum Gasteiger partial charge on any atom is -0.492 e. The highest BCUT2D eigenvalue weighted by molar-refractivity contribution is 5.72. The summed E-state index contributed by atoms with van der Waals surface area (Å²) < 4.78 is 10.6. The number of methoxy groups -OCH3 is 1. The number of carbonyl (C=O) groups excluding carboxylic acids is 1. The highest BCUT2D eigenvalue weighted by Crippen LogP contribution is 2.18. The van der Waals surface area contributed by atoms with Gasteiger partial charge in [0.2, 0.25) is 0 Å². The normalized spacial score (nSPS) is 19.2. The van der Waals surface area contributed by atoms with Crippen molar-refractivity contribution in [2.75, 3.05) is 33.4 Å². The Morgan fingerprint density at radius 2 is 2.33 bits per heavy atom. The highest BCUT2D eigenvalue weighted by atomic mass is 16.5. The Morgan fingerprint density at radius 3 is 3.10 bits per heavy atom. The van der Waals surface area contributed by atoms with Gasteiger partial charge >= 0.3 is 5.97 Å². The van der Waals surface area contributed by atoms with Gasteiger partial charge in [0.15, 0.2) is 0 Å². The smallest absolute Gasteiger partial charge is 0.309 e. The van der Waals surface area contributed by atoms with E-state index in [4.69, 9.17) is 15.2 Å². The average molecular weight is 292 g/mol. The first-order chi connectivity index (χ1) is 10.2. The first kappa shape index (κ1) is 15.8. The number of nitrogens with zero attached hydrogens (tertiary/aromatic N) is 1. The van der Waals surface area contributed by atoms with E-state index in [1.54, 1.807) is 0 Å². The molecule has 0 amide bonds. The molecule has 2 N–H and O–H groups in total. The van der Waals surface area contributed by atoms with Gasteiger partial charge in [-0.05, 0) is 37.1 Å². The molecule has 21 heavy (non-hydrogen) atoms. The van der Waals surface area contributed by atoms with Crippen LogP contribution in [0.15, 0.2) is 24.3 Å². The molecule has 2 rings (SSSR count). The van der Waals surface area contributed by atoms with Crippen LogP contribution in [-0.4, -0.2) is 44.2 Å². The van der Waals surface area contributed by atoms with Crippen LogP contribution in [0.25, 0.3) is 0 Å². The number of esters is 1. The van der Waals surface area contributed by atoms with Gasteiger partial charge in [-0.2, -0.15) is 0 Å². The van der Waals surface area contributed by atoms with Gasteiger partial charge in [-0.3, -0.25) is 9.69 Å². The third-order valence-electron chi connectivity index (χ3n) is 3.85. The maximum Gasteiger partial charge on any atom is 0.309 e. The monoisotopic (exact) mass is 292 g/mol. The Balaban J connectivity index is 1.76. The molecule has 1 heterocycles. The lowest BCUT2D eigenvalue weighted by Gasteiger charge is -2.31. The topological polar surface area (TPSA) is 64.8 Å². The Morgan fingerprint density at radius 1 is 1.48 bits per heavy atom. The van der Waals surface area contributed by atoms with Gasteiger partial charge in [-0.1, -0.05) is 12.1 Å². The zero-order valence-electron chi connectivity index (χ0n) is 12.6. The largest absolute Gasteiger partial charge is 0.492 e. The summed E-state index contributed by atoms with van der Waals surface area (Å²) in [4.78, 5) is 13.8. The molecule has 0 bridgehead atoms. The zero-order valence-corrected chi connectivity index (χ0v) is 12.6. The van der Waals surface area contributed by atoms with E-state index in [-0.39, 0.29) is 11.9 Å². The number of rotatable bonds is 6. The fourth-order valence-electron chi connectivity index (χ4n) is 2.67. The van der Waals surface area contributed by atoms with Crippen LogP contribution in [0.1, 0.15) is 18.4 Å². The number of nitrogens with two attached hydrogens (primary N) is 1. The standard InChI is InChI=1S/C16H24N2O3/c1-20-16(19)14-5-3-7-18(12-14)8-9-21-15-6-2-4-13(10-15)11-17/h2,4,6,10,14H,3,5,7-9,11-12,17H2,1H3. The molecule has 1 atom stereocenters. The van der Waals surface area contributed by atoms with Crippen LogP contribution < -0.4 is 10.5 Å². The molecule has 0 spiro atoms. The molecular formula is C16H24N2O3. The third kappa shape index (κ3) is 4.72. The number of piperidine rings is 1. The minimum atomic E-state index is -0.101. The summed E-state index contributed by atoms with van der Waals surface area (Å²) in [5, 5.41) is 0. The van der Waals surface area contributed by atoms with Crippen molar-refractivity contribution < 1.29 is 14.3 Å². The zero-order chi connectivity index (χ0) is 15.1. The third-order valence-corrected chi connectivity index (χ3v) is 3.85. The van der Waals surface area contributed by atoms with Crippen LogP contribution in [0.5, 0.6) is 5.75 Å².